The number of benzene rings is 1. The maximum Gasteiger partial charge on any atom is 0.406 e. The summed E-state index contributed by atoms with van der Waals surface area (Å²) in [7, 11) is 0. The van der Waals surface area contributed by atoms with Crippen LogP contribution in [0, 0.1) is 17.5 Å². The Bertz CT molecular complexity index is 1670. The number of primary amides is 1. The molecule has 0 bridgehead atoms. The number of anilines is 1. The molecule has 3 N–H and O–H groups in total. The number of hydrogen-bond donors (Lipinski definition) is 2. The van der Waals surface area contributed by atoms with Crippen LogP contribution in [0.25, 0.3) is 0 Å². The quantitative estimate of drug-likeness (QED) is 0.354. The Morgan fingerprint density at radius 2 is 1.86 bits per heavy atom. The lowest BCUT2D eigenvalue weighted by molar-refractivity contribution is -0.172. The second-order valence-corrected chi connectivity index (χ2v) is 11.0. The highest BCUT2D eigenvalue weighted by atomic mass is 19.4. The number of hydrogen-bond acceptors (Lipinski definition) is 4. The van der Waals surface area contributed by atoms with Gasteiger partial charge in [-0.3, -0.25) is 14.4 Å². The van der Waals surface area contributed by atoms with Gasteiger partial charge < -0.3 is 20.5 Å². The number of alkyl halides is 3. The van der Waals surface area contributed by atoms with E-state index in [1.54, 1.807) is 12.1 Å². The van der Waals surface area contributed by atoms with Crippen molar-refractivity contribution >= 4 is 23.5 Å². The third kappa shape index (κ3) is 4.06. The van der Waals surface area contributed by atoms with Gasteiger partial charge in [0.1, 0.15) is 29.9 Å². The van der Waals surface area contributed by atoms with Crippen LogP contribution in [0.4, 0.5) is 32.2 Å². The zero-order valence-corrected chi connectivity index (χ0v) is 21.9. The first kappa shape index (κ1) is 27.8. The Morgan fingerprint density at radius 3 is 2.55 bits per heavy atom. The summed E-state index contributed by atoms with van der Waals surface area (Å²) in [6, 6.07) is 2.97. The standard InChI is InChI=1S/C28H23F6N5O3/c1-12-14(21-16(29)4-5-17(30)22(21)31)8-19(25(41)38(12)11-28(32,33)34)39-18(23(35)40)7-13-9-27(10-20(13)39)15-3-2-6-36-24(15)37-26(27)42/h2-7,12,14,19H,8-11H2,1H3,(H2,35,40)(H,36,37,42)/t12-,14-,19+,27?/m1/s1. The van der Waals surface area contributed by atoms with Gasteiger partial charge in [0, 0.05) is 41.4 Å². The molecule has 3 aromatic rings. The minimum absolute atomic E-state index is 0.0495. The van der Waals surface area contributed by atoms with Crippen molar-refractivity contribution in [3.63, 3.8) is 0 Å². The Balaban J connectivity index is 1.50. The lowest BCUT2D eigenvalue weighted by Crippen LogP contribution is -2.54. The van der Waals surface area contributed by atoms with Crippen molar-refractivity contribution in [1.29, 1.82) is 0 Å². The number of nitrogens with two attached hydrogens (primary N) is 1. The van der Waals surface area contributed by atoms with Gasteiger partial charge in [-0.15, -0.1) is 0 Å². The molecule has 1 fully saturated rings. The molecular weight excluding hydrogens is 568 g/mol. The number of likely N-dealkylation sites (tertiary alicyclic amines) is 1. The van der Waals surface area contributed by atoms with E-state index in [0.29, 0.717) is 39.7 Å². The molecule has 1 aromatic carbocycles. The van der Waals surface area contributed by atoms with Crippen LogP contribution in [-0.4, -0.2) is 50.9 Å². The smallest absolute Gasteiger partial charge is 0.364 e. The molecule has 3 amide bonds. The van der Waals surface area contributed by atoms with Gasteiger partial charge in [0.25, 0.3) is 5.91 Å². The molecule has 0 saturated carbocycles. The Kier molecular flexibility index (Phi) is 6.17. The molecule has 1 saturated heterocycles. The minimum Gasteiger partial charge on any atom is -0.364 e. The lowest BCUT2D eigenvalue weighted by atomic mass is 9.79. The highest BCUT2D eigenvalue weighted by molar-refractivity contribution is 6.06. The van der Waals surface area contributed by atoms with Crippen molar-refractivity contribution in [1.82, 2.24) is 14.5 Å². The lowest BCUT2D eigenvalue weighted by Gasteiger charge is -2.44. The Labute approximate surface area is 234 Å². The molecule has 6 rings (SSSR count). The second-order valence-electron chi connectivity index (χ2n) is 11.0. The van der Waals surface area contributed by atoms with Crippen LogP contribution in [-0.2, 0) is 27.8 Å². The van der Waals surface area contributed by atoms with Crippen LogP contribution in [0.1, 0.15) is 58.2 Å². The summed E-state index contributed by atoms with van der Waals surface area (Å²) in [5.74, 6) is -7.71. The number of carbonyl (C=O) groups excluding carboxylic acids is 3. The first-order valence-electron chi connectivity index (χ1n) is 13.0. The van der Waals surface area contributed by atoms with Crippen molar-refractivity contribution in [2.75, 3.05) is 11.9 Å². The fourth-order valence-electron chi connectivity index (χ4n) is 6.80. The number of rotatable bonds is 4. The van der Waals surface area contributed by atoms with E-state index in [0.717, 1.165) is 0 Å². The monoisotopic (exact) mass is 591 g/mol. The van der Waals surface area contributed by atoms with Crippen LogP contribution in [0.5, 0.6) is 0 Å². The topological polar surface area (TPSA) is 110 Å². The number of halogens is 6. The highest BCUT2D eigenvalue weighted by Crippen LogP contribution is 2.50. The molecule has 1 spiro atoms. The van der Waals surface area contributed by atoms with Crippen molar-refractivity contribution < 1.29 is 40.7 Å². The van der Waals surface area contributed by atoms with E-state index in [9.17, 15) is 40.7 Å². The molecule has 4 atom stereocenters. The fraction of sp³-hybridized carbons (Fsp3) is 0.357. The summed E-state index contributed by atoms with van der Waals surface area (Å²) in [5, 5.41) is 2.71. The van der Waals surface area contributed by atoms with Gasteiger partial charge in [0.2, 0.25) is 11.8 Å². The van der Waals surface area contributed by atoms with Gasteiger partial charge in [-0.2, -0.15) is 13.2 Å². The van der Waals surface area contributed by atoms with E-state index >= 15 is 0 Å². The van der Waals surface area contributed by atoms with Gasteiger partial charge >= 0.3 is 6.18 Å². The van der Waals surface area contributed by atoms with Crippen LogP contribution in [0.2, 0.25) is 0 Å². The summed E-state index contributed by atoms with van der Waals surface area (Å²) >= 11 is 0. The minimum atomic E-state index is -4.89. The van der Waals surface area contributed by atoms with E-state index in [2.05, 4.69) is 10.3 Å². The second kappa shape index (κ2) is 9.33. The van der Waals surface area contributed by atoms with Crippen LogP contribution < -0.4 is 11.1 Å². The predicted molar refractivity (Wildman–Crippen MR) is 135 cm³/mol. The van der Waals surface area contributed by atoms with Crippen LogP contribution in [0.15, 0.2) is 36.5 Å². The van der Waals surface area contributed by atoms with E-state index in [1.807, 2.05) is 0 Å². The summed E-state index contributed by atoms with van der Waals surface area (Å²) in [6.07, 6.45) is -3.83. The summed E-state index contributed by atoms with van der Waals surface area (Å²) in [5.41, 5.74) is 4.79. The van der Waals surface area contributed by atoms with Gasteiger partial charge in [0.05, 0.1) is 5.41 Å². The fourth-order valence-corrected chi connectivity index (χ4v) is 6.80. The zero-order valence-electron chi connectivity index (χ0n) is 21.9. The maximum atomic E-state index is 15.0. The largest absolute Gasteiger partial charge is 0.406 e. The molecule has 3 aliphatic rings. The number of aromatic nitrogens is 2. The molecule has 2 aliphatic heterocycles. The number of nitrogens with zero attached hydrogens (tertiary/aromatic N) is 3. The summed E-state index contributed by atoms with van der Waals surface area (Å²) in [6.45, 7) is -0.551. The zero-order chi connectivity index (χ0) is 30.3. The van der Waals surface area contributed by atoms with E-state index in [1.165, 1.54) is 23.8 Å². The average molecular weight is 592 g/mol. The van der Waals surface area contributed by atoms with Crippen molar-refractivity contribution in [2.24, 2.45) is 5.73 Å². The molecule has 1 unspecified atom stereocenters. The van der Waals surface area contributed by atoms with Crippen LogP contribution >= 0.6 is 0 Å². The number of carbonyl (C=O) groups is 3. The molecule has 8 nitrogen and oxygen atoms in total. The normalized spacial score (nSPS) is 25.1. The molecule has 2 aromatic heterocycles. The number of nitrogens with one attached hydrogen (secondary N) is 1. The van der Waals surface area contributed by atoms with E-state index in [4.69, 9.17) is 5.73 Å². The summed E-state index contributed by atoms with van der Waals surface area (Å²) < 4.78 is 86.4. The molecule has 0 radical (unpaired) electrons. The molecule has 220 valence electrons. The molecule has 4 heterocycles. The molecule has 1 aliphatic carbocycles. The Hall–Kier alpha value is -4.36. The molecular formula is C28H23F6N5O3. The van der Waals surface area contributed by atoms with Crippen molar-refractivity contribution in [2.45, 2.75) is 55.8 Å². The van der Waals surface area contributed by atoms with Crippen molar-refractivity contribution in [3.05, 3.63) is 82.1 Å². The van der Waals surface area contributed by atoms with E-state index < -0.39 is 77.4 Å². The third-order valence-corrected chi connectivity index (χ3v) is 8.67. The highest BCUT2D eigenvalue weighted by Gasteiger charge is 2.54. The number of piperidine rings is 1. The first-order valence-corrected chi connectivity index (χ1v) is 13.0. The molecule has 42 heavy (non-hydrogen) atoms. The van der Waals surface area contributed by atoms with Gasteiger partial charge in [-0.25, -0.2) is 18.2 Å². The summed E-state index contributed by atoms with van der Waals surface area (Å²) in [4.78, 5) is 44.2. The van der Waals surface area contributed by atoms with Gasteiger partial charge in [-0.1, -0.05) is 6.07 Å². The van der Waals surface area contributed by atoms with Gasteiger partial charge in [-0.05, 0) is 49.6 Å². The van der Waals surface area contributed by atoms with Gasteiger partial charge in [0.15, 0.2) is 11.6 Å². The van der Waals surface area contributed by atoms with Crippen molar-refractivity contribution in [3.8, 4) is 0 Å². The number of amides is 3. The average Bonchev–Trinajstić information content (AvgIpc) is 3.54. The SMILES string of the molecule is C[C@@H]1[C@H](c2c(F)ccc(F)c2F)C[C@H](n2c(C(N)=O)cc3c2CC2(C3)C(=O)Nc3ncccc32)C(=O)N1CC(F)(F)F. The predicted octanol–water partition coefficient (Wildman–Crippen LogP) is 3.90. The Morgan fingerprint density at radius 1 is 1.14 bits per heavy atom. The molecule has 14 heteroatoms. The van der Waals surface area contributed by atoms with Crippen LogP contribution in [0.3, 0.4) is 0 Å². The maximum absolute atomic E-state index is 15.0. The third-order valence-electron chi connectivity index (χ3n) is 8.67. The first-order chi connectivity index (χ1) is 19.7. The number of pyridine rings is 1. The van der Waals surface area contributed by atoms with E-state index in [-0.39, 0.29) is 24.4 Å². The number of fused-ring (bicyclic) bond motifs is 3.